The maximum Gasteiger partial charge on any atom is 0.421 e. The Bertz CT molecular complexity index is 699. The lowest BCUT2D eigenvalue weighted by molar-refractivity contribution is -0.137. The number of hydrogen-bond acceptors (Lipinski definition) is 6. The lowest BCUT2D eigenvalue weighted by Crippen LogP contribution is -2.12. The number of alkyl halides is 3. The van der Waals surface area contributed by atoms with Crippen molar-refractivity contribution in [2.75, 3.05) is 17.7 Å². The smallest absolute Gasteiger partial charge is 0.372 e. The monoisotopic (exact) mass is 349 g/mol. The van der Waals surface area contributed by atoms with E-state index < -0.39 is 11.7 Å². The highest BCUT2D eigenvalue weighted by Crippen LogP contribution is 2.46. The first-order valence-electron chi connectivity index (χ1n) is 6.44. The summed E-state index contributed by atoms with van der Waals surface area (Å²) in [5.41, 5.74) is -0.0930. The maximum absolute atomic E-state index is 12.8. The van der Waals surface area contributed by atoms with Crippen LogP contribution in [0.3, 0.4) is 0 Å². The Labute approximate surface area is 133 Å². The number of aromatic nitrogens is 3. The van der Waals surface area contributed by atoms with E-state index in [1.54, 1.807) is 0 Å². The van der Waals surface area contributed by atoms with Crippen LogP contribution in [0.5, 0.6) is 0 Å². The maximum atomic E-state index is 12.8. The average Bonchev–Trinajstić information content (AvgIpc) is 3.24. The number of rotatable bonds is 4. The van der Waals surface area contributed by atoms with Gasteiger partial charge in [0.05, 0.1) is 10.7 Å². The van der Waals surface area contributed by atoms with Crippen molar-refractivity contribution in [1.82, 2.24) is 14.3 Å². The molecule has 5 nitrogen and oxygen atoms in total. The summed E-state index contributed by atoms with van der Waals surface area (Å²) in [7, 11) is 1.37. The van der Waals surface area contributed by atoms with Gasteiger partial charge in [0.15, 0.2) is 0 Å². The van der Waals surface area contributed by atoms with E-state index >= 15 is 0 Å². The molecule has 1 fully saturated rings. The summed E-state index contributed by atoms with van der Waals surface area (Å²) in [6.45, 7) is 0. The van der Waals surface area contributed by atoms with Crippen LogP contribution in [0.25, 0.3) is 0 Å². The molecule has 2 aromatic heterocycles. The van der Waals surface area contributed by atoms with Crippen molar-refractivity contribution in [2.45, 2.75) is 24.9 Å². The third kappa shape index (κ3) is 2.95. The van der Waals surface area contributed by atoms with E-state index in [9.17, 15) is 13.2 Å². The quantitative estimate of drug-likeness (QED) is 0.863. The van der Waals surface area contributed by atoms with Crippen LogP contribution in [0.15, 0.2) is 6.20 Å². The fourth-order valence-corrected chi connectivity index (χ4v) is 3.07. The molecule has 0 aromatic carbocycles. The molecule has 2 heterocycles. The molecule has 0 spiro atoms. The van der Waals surface area contributed by atoms with Crippen LogP contribution in [0.4, 0.5) is 29.9 Å². The van der Waals surface area contributed by atoms with Crippen molar-refractivity contribution in [3.05, 3.63) is 22.5 Å². The molecule has 10 heteroatoms. The molecule has 118 valence electrons. The van der Waals surface area contributed by atoms with Crippen molar-refractivity contribution >= 4 is 39.9 Å². The van der Waals surface area contributed by atoms with Gasteiger partial charge in [0.2, 0.25) is 5.95 Å². The Hall–Kier alpha value is -1.61. The molecule has 1 aliphatic rings. The minimum atomic E-state index is -4.52. The van der Waals surface area contributed by atoms with Gasteiger partial charge < -0.3 is 10.6 Å². The largest absolute Gasteiger partial charge is 0.421 e. The second kappa shape index (κ2) is 5.54. The van der Waals surface area contributed by atoms with Crippen molar-refractivity contribution in [3.8, 4) is 0 Å². The fraction of sp³-hybridized carbons (Fsp3) is 0.417. The third-order valence-electron chi connectivity index (χ3n) is 3.18. The predicted molar refractivity (Wildman–Crippen MR) is 79.0 cm³/mol. The standard InChI is InChI=1S/C12H11ClF3N5S/c1-17-9-6(12(14,15)16)4-18-11(19-9)20-10-7(13)8(21-22-10)5-2-3-5/h4-5H,2-3H2,1H3,(H2,17,18,19,20). The molecule has 3 rings (SSSR count). The minimum Gasteiger partial charge on any atom is -0.372 e. The Balaban J connectivity index is 1.86. The molecule has 0 aliphatic heterocycles. The third-order valence-corrected chi connectivity index (χ3v) is 4.45. The molecule has 0 amide bonds. The Morgan fingerprint density at radius 1 is 1.36 bits per heavy atom. The predicted octanol–water partition coefficient (Wildman–Crippen LogP) is 4.27. The Morgan fingerprint density at radius 3 is 2.68 bits per heavy atom. The fourth-order valence-electron chi connectivity index (χ4n) is 1.92. The molecule has 22 heavy (non-hydrogen) atoms. The van der Waals surface area contributed by atoms with Crippen LogP contribution in [0.2, 0.25) is 5.02 Å². The summed E-state index contributed by atoms with van der Waals surface area (Å²) in [5, 5.41) is 6.26. The molecule has 2 N–H and O–H groups in total. The SMILES string of the molecule is CNc1nc(Nc2snc(C3CC3)c2Cl)ncc1C(F)(F)F. The first-order chi connectivity index (χ1) is 10.4. The highest BCUT2D eigenvalue weighted by atomic mass is 35.5. The van der Waals surface area contributed by atoms with Crippen LogP contribution in [0, 0.1) is 0 Å². The summed E-state index contributed by atoms with van der Waals surface area (Å²) in [4.78, 5) is 7.53. The summed E-state index contributed by atoms with van der Waals surface area (Å²) < 4.78 is 42.6. The van der Waals surface area contributed by atoms with Gasteiger partial charge in [0, 0.05) is 19.2 Å². The topological polar surface area (TPSA) is 62.7 Å². The second-order valence-corrected chi connectivity index (χ2v) is 5.97. The van der Waals surface area contributed by atoms with Crippen LogP contribution in [-0.4, -0.2) is 21.4 Å². The van der Waals surface area contributed by atoms with Crippen molar-refractivity contribution in [2.24, 2.45) is 0 Å². The molecule has 0 unspecified atom stereocenters. The number of nitrogens with zero attached hydrogens (tertiary/aromatic N) is 3. The Morgan fingerprint density at radius 2 is 2.09 bits per heavy atom. The van der Waals surface area contributed by atoms with Crippen LogP contribution < -0.4 is 10.6 Å². The van der Waals surface area contributed by atoms with E-state index in [-0.39, 0.29) is 11.8 Å². The first-order valence-corrected chi connectivity index (χ1v) is 7.59. The zero-order valence-electron chi connectivity index (χ0n) is 11.3. The van der Waals surface area contributed by atoms with Crippen molar-refractivity contribution in [1.29, 1.82) is 0 Å². The van der Waals surface area contributed by atoms with E-state index in [0.717, 1.165) is 36.3 Å². The van der Waals surface area contributed by atoms with Gasteiger partial charge in [0.1, 0.15) is 16.4 Å². The van der Waals surface area contributed by atoms with E-state index in [0.29, 0.717) is 15.9 Å². The first kappa shape index (κ1) is 15.3. The van der Waals surface area contributed by atoms with E-state index in [4.69, 9.17) is 11.6 Å². The minimum absolute atomic E-state index is 0.0326. The molecule has 0 radical (unpaired) electrons. The molecule has 0 bridgehead atoms. The Kier molecular flexibility index (Phi) is 3.85. The molecule has 1 aliphatic carbocycles. The normalized spacial score (nSPS) is 15.0. The van der Waals surface area contributed by atoms with Crippen LogP contribution in [-0.2, 0) is 6.18 Å². The lowest BCUT2D eigenvalue weighted by atomic mass is 10.3. The molecular weight excluding hydrogens is 339 g/mol. The van der Waals surface area contributed by atoms with Gasteiger partial charge in [0.25, 0.3) is 0 Å². The molecule has 0 atom stereocenters. The zero-order chi connectivity index (χ0) is 15.9. The highest BCUT2D eigenvalue weighted by Gasteiger charge is 2.35. The van der Waals surface area contributed by atoms with Crippen molar-refractivity contribution < 1.29 is 13.2 Å². The number of nitrogens with one attached hydrogen (secondary N) is 2. The van der Waals surface area contributed by atoms with E-state index in [1.807, 2.05) is 0 Å². The molecule has 2 aromatic rings. The van der Waals surface area contributed by atoms with Gasteiger partial charge in [-0.1, -0.05) is 11.6 Å². The number of hydrogen-bond donors (Lipinski definition) is 2. The van der Waals surface area contributed by atoms with Crippen LogP contribution >= 0.6 is 23.1 Å². The van der Waals surface area contributed by atoms with Crippen molar-refractivity contribution in [3.63, 3.8) is 0 Å². The van der Waals surface area contributed by atoms with Gasteiger partial charge in [-0.25, -0.2) is 4.98 Å². The van der Waals surface area contributed by atoms with E-state index in [2.05, 4.69) is 25.0 Å². The summed E-state index contributed by atoms with van der Waals surface area (Å²) >= 11 is 7.37. The highest BCUT2D eigenvalue weighted by molar-refractivity contribution is 7.11. The van der Waals surface area contributed by atoms with Gasteiger partial charge >= 0.3 is 6.18 Å². The van der Waals surface area contributed by atoms with E-state index in [1.165, 1.54) is 7.05 Å². The zero-order valence-corrected chi connectivity index (χ0v) is 12.9. The summed E-state index contributed by atoms with van der Waals surface area (Å²) in [6, 6.07) is 0. The van der Waals surface area contributed by atoms with Crippen LogP contribution in [0.1, 0.15) is 30.0 Å². The molecular formula is C12H11ClF3N5S. The lowest BCUT2D eigenvalue weighted by Gasteiger charge is -2.12. The number of halogens is 4. The molecule has 0 saturated heterocycles. The van der Waals surface area contributed by atoms with Gasteiger partial charge in [-0.2, -0.15) is 22.5 Å². The second-order valence-electron chi connectivity index (χ2n) is 4.81. The summed E-state index contributed by atoms with van der Waals surface area (Å²) in [6.07, 6.45) is -1.66. The summed E-state index contributed by atoms with van der Waals surface area (Å²) in [5.74, 6) is 0.124. The van der Waals surface area contributed by atoms with Gasteiger partial charge in [-0.3, -0.25) is 0 Å². The number of anilines is 3. The van der Waals surface area contributed by atoms with Gasteiger partial charge in [-0.05, 0) is 24.4 Å². The molecule has 1 saturated carbocycles. The average molecular weight is 350 g/mol. The van der Waals surface area contributed by atoms with Gasteiger partial charge in [-0.15, -0.1) is 0 Å².